The maximum Gasteiger partial charge on any atom is 0.0951 e. The van der Waals surface area contributed by atoms with Crippen molar-refractivity contribution in [3.63, 3.8) is 0 Å². The van der Waals surface area contributed by atoms with Gasteiger partial charge in [-0.05, 0) is 50.5 Å². The molecule has 1 aliphatic carbocycles. The summed E-state index contributed by atoms with van der Waals surface area (Å²) >= 11 is 0. The fourth-order valence-corrected chi connectivity index (χ4v) is 2.55. The predicted molar refractivity (Wildman–Crippen MR) is 70.9 cm³/mol. The first-order chi connectivity index (χ1) is 8.12. The van der Waals surface area contributed by atoms with Crippen LogP contribution in [-0.4, -0.2) is 16.1 Å². The van der Waals surface area contributed by atoms with Crippen LogP contribution >= 0.6 is 0 Å². The Morgan fingerprint density at radius 3 is 2.88 bits per heavy atom. The first-order valence-electron chi connectivity index (χ1n) is 6.85. The molecule has 2 rings (SSSR count). The zero-order valence-electron chi connectivity index (χ0n) is 11.2. The molecule has 1 heterocycles. The Kier molecular flexibility index (Phi) is 3.87. The Labute approximate surface area is 104 Å². The van der Waals surface area contributed by atoms with Crippen LogP contribution < -0.4 is 5.73 Å². The van der Waals surface area contributed by atoms with Gasteiger partial charge in [-0.1, -0.05) is 13.8 Å². The number of fused-ring (bicyclic) bond motifs is 1. The van der Waals surface area contributed by atoms with Crippen LogP contribution in [0.25, 0.3) is 0 Å². The van der Waals surface area contributed by atoms with Crippen LogP contribution in [-0.2, 0) is 19.4 Å². The van der Waals surface area contributed by atoms with Gasteiger partial charge in [0, 0.05) is 12.2 Å². The number of aryl methyl sites for hydroxylation is 2. The lowest BCUT2D eigenvalue weighted by Crippen LogP contribution is -2.23. The first kappa shape index (κ1) is 12.6. The standard InChI is InChI=1S/C14H25N3/c1-14(2,10-15)8-5-9-17-11-16-12-6-3-4-7-13(12)17/h11H,3-10,15H2,1-2H3. The van der Waals surface area contributed by atoms with E-state index in [2.05, 4.69) is 23.4 Å². The van der Waals surface area contributed by atoms with Gasteiger partial charge in [0.05, 0.1) is 12.0 Å². The van der Waals surface area contributed by atoms with Gasteiger partial charge in [-0.15, -0.1) is 0 Å². The summed E-state index contributed by atoms with van der Waals surface area (Å²) in [5.74, 6) is 0. The van der Waals surface area contributed by atoms with Gasteiger partial charge in [0.15, 0.2) is 0 Å². The van der Waals surface area contributed by atoms with Crippen molar-refractivity contribution in [1.82, 2.24) is 9.55 Å². The second-order valence-corrected chi connectivity index (χ2v) is 6.01. The van der Waals surface area contributed by atoms with Crippen LogP contribution in [0.4, 0.5) is 0 Å². The highest BCUT2D eigenvalue weighted by Gasteiger charge is 2.17. The number of nitrogens with two attached hydrogens (primary N) is 1. The molecule has 1 aromatic rings. The molecule has 0 aliphatic heterocycles. The van der Waals surface area contributed by atoms with E-state index < -0.39 is 0 Å². The van der Waals surface area contributed by atoms with E-state index in [1.807, 2.05) is 6.33 Å². The zero-order chi connectivity index (χ0) is 12.3. The van der Waals surface area contributed by atoms with Crippen molar-refractivity contribution in [3.05, 3.63) is 17.7 Å². The fraction of sp³-hybridized carbons (Fsp3) is 0.786. The zero-order valence-corrected chi connectivity index (χ0v) is 11.2. The third-order valence-corrected chi connectivity index (χ3v) is 3.92. The minimum absolute atomic E-state index is 0.278. The normalized spacial score (nSPS) is 15.9. The van der Waals surface area contributed by atoms with Crippen LogP contribution in [0.1, 0.15) is 50.9 Å². The summed E-state index contributed by atoms with van der Waals surface area (Å²) in [6.45, 7) is 6.37. The Bertz CT molecular complexity index is 366. The molecule has 0 bridgehead atoms. The fourth-order valence-electron chi connectivity index (χ4n) is 2.55. The van der Waals surface area contributed by atoms with Crippen molar-refractivity contribution < 1.29 is 0 Å². The molecular weight excluding hydrogens is 210 g/mol. The van der Waals surface area contributed by atoms with Crippen molar-refractivity contribution in [2.75, 3.05) is 6.54 Å². The monoisotopic (exact) mass is 235 g/mol. The average molecular weight is 235 g/mol. The third-order valence-electron chi connectivity index (χ3n) is 3.92. The molecule has 2 N–H and O–H groups in total. The number of nitrogens with zero attached hydrogens (tertiary/aromatic N) is 2. The first-order valence-corrected chi connectivity index (χ1v) is 6.85. The van der Waals surface area contributed by atoms with Crippen LogP contribution in [0.5, 0.6) is 0 Å². The molecule has 0 amide bonds. The molecular formula is C14H25N3. The molecule has 0 saturated carbocycles. The summed E-state index contributed by atoms with van der Waals surface area (Å²) in [4.78, 5) is 4.53. The van der Waals surface area contributed by atoms with Crippen molar-refractivity contribution in [2.24, 2.45) is 11.1 Å². The number of hydrogen-bond donors (Lipinski definition) is 1. The molecule has 0 fully saturated rings. The summed E-state index contributed by atoms with van der Waals surface area (Å²) in [5, 5.41) is 0. The smallest absolute Gasteiger partial charge is 0.0951 e. The second kappa shape index (κ2) is 5.21. The topological polar surface area (TPSA) is 43.8 Å². The van der Waals surface area contributed by atoms with E-state index in [9.17, 15) is 0 Å². The lowest BCUT2D eigenvalue weighted by Gasteiger charge is -2.22. The molecule has 0 aromatic carbocycles. The maximum absolute atomic E-state index is 5.76. The summed E-state index contributed by atoms with van der Waals surface area (Å²) < 4.78 is 2.36. The third kappa shape index (κ3) is 3.09. The highest BCUT2D eigenvalue weighted by Crippen LogP contribution is 2.23. The summed E-state index contributed by atoms with van der Waals surface area (Å²) in [6.07, 6.45) is 9.46. The Morgan fingerprint density at radius 1 is 1.35 bits per heavy atom. The highest BCUT2D eigenvalue weighted by molar-refractivity contribution is 5.16. The number of imidazole rings is 1. The molecule has 96 valence electrons. The maximum atomic E-state index is 5.76. The van der Waals surface area contributed by atoms with E-state index in [-0.39, 0.29) is 5.41 Å². The molecule has 0 spiro atoms. The largest absolute Gasteiger partial charge is 0.334 e. The molecule has 17 heavy (non-hydrogen) atoms. The van der Waals surface area contributed by atoms with Gasteiger partial charge in [0.2, 0.25) is 0 Å². The number of aromatic nitrogens is 2. The molecule has 3 nitrogen and oxygen atoms in total. The molecule has 0 radical (unpaired) electrons. The van der Waals surface area contributed by atoms with Gasteiger partial charge in [0.25, 0.3) is 0 Å². The van der Waals surface area contributed by atoms with Gasteiger partial charge < -0.3 is 10.3 Å². The summed E-state index contributed by atoms with van der Waals surface area (Å²) in [5.41, 5.74) is 8.87. The van der Waals surface area contributed by atoms with E-state index in [4.69, 9.17) is 5.73 Å². The summed E-state index contributed by atoms with van der Waals surface area (Å²) in [7, 11) is 0. The molecule has 0 unspecified atom stereocenters. The molecule has 3 heteroatoms. The quantitative estimate of drug-likeness (QED) is 0.852. The highest BCUT2D eigenvalue weighted by atomic mass is 15.1. The van der Waals surface area contributed by atoms with Gasteiger partial charge in [-0.2, -0.15) is 0 Å². The molecule has 0 atom stereocenters. The SMILES string of the molecule is CC(C)(CN)CCCn1cnc2c1CCCC2. The van der Waals surface area contributed by atoms with Gasteiger partial charge in [0.1, 0.15) is 0 Å². The van der Waals surface area contributed by atoms with E-state index in [1.54, 1.807) is 0 Å². The van der Waals surface area contributed by atoms with Crippen molar-refractivity contribution in [3.8, 4) is 0 Å². The molecule has 0 saturated heterocycles. The number of rotatable bonds is 5. The van der Waals surface area contributed by atoms with Crippen molar-refractivity contribution >= 4 is 0 Å². The Hall–Kier alpha value is -0.830. The lowest BCUT2D eigenvalue weighted by atomic mass is 9.88. The van der Waals surface area contributed by atoms with Gasteiger partial charge in [-0.25, -0.2) is 4.98 Å². The number of hydrogen-bond acceptors (Lipinski definition) is 2. The Morgan fingerprint density at radius 2 is 2.12 bits per heavy atom. The second-order valence-electron chi connectivity index (χ2n) is 6.01. The minimum atomic E-state index is 0.278. The average Bonchev–Trinajstić information content (AvgIpc) is 2.73. The van der Waals surface area contributed by atoms with Crippen molar-refractivity contribution in [1.29, 1.82) is 0 Å². The minimum Gasteiger partial charge on any atom is -0.334 e. The van der Waals surface area contributed by atoms with Gasteiger partial charge >= 0.3 is 0 Å². The van der Waals surface area contributed by atoms with Crippen LogP contribution in [0.2, 0.25) is 0 Å². The van der Waals surface area contributed by atoms with E-state index in [0.29, 0.717) is 0 Å². The van der Waals surface area contributed by atoms with E-state index in [0.717, 1.165) is 13.1 Å². The predicted octanol–water partition coefficient (Wildman–Crippen LogP) is 2.53. The van der Waals surface area contributed by atoms with Crippen LogP contribution in [0, 0.1) is 5.41 Å². The molecule has 1 aliphatic rings. The van der Waals surface area contributed by atoms with E-state index in [1.165, 1.54) is 49.9 Å². The molecule has 1 aromatic heterocycles. The lowest BCUT2D eigenvalue weighted by molar-refractivity contribution is 0.326. The Balaban J connectivity index is 1.89. The summed E-state index contributed by atoms with van der Waals surface area (Å²) in [6, 6.07) is 0. The van der Waals surface area contributed by atoms with Crippen molar-refractivity contribution in [2.45, 2.75) is 58.9 Å². The van der Waals surface area contributed by atoms with Crippen LogP contribution in [0.15, 0.2) is 6.33 Å². The van der Waals surface area contributed by atoms with E-state index >= 15 is 0 Å². The van der Waals surface area contributed by atoms with Gasteiger partial charge in [-0.3, -0.25) is 0 Å². The van der Waals surface area contributed by atoms with Crippen LogP contribution in [0.3, 0.4) is 0 Å².